The van der Waals surface area contributed by atoms with E-state index in [1.165, 1.54) is 10.8 Å². The van der Waals surface area contributed by atoms with E-state index in [4.69, 9.17) is 9.84 Å². The number of aliphatic carboxylic acids is 1. The summed E-state index contributed by atoms with van der Waals surface area (Å²) >= 11 is 0. The van der Waals surface area contributed by atoms with Gasteiger partial charge in [0.25, 0.3) is 0 Å². The summed E-state index contributed by atoms with van der Waals surface area (Å²) in [7, 11) is 0. The number of benzene rings is 2. The Hall–Kier alpha value is -2.49. The van der Waals surface area contributed by atoms with Crippen LogP contribution in [0.1, 0.15) is 38.5 Å². The zero-order chi connectivity index (χ0) is 16.8. The van der Waals surface area contributed by atoms with Gasteiger partial charge in [0.15, 0.2) is 0 Å². The molecule has 0 atom stereocenters. The van der Waals surface area contributed by atoms with Crippen LogP contribution in [0.3, 0.4) is 0 Å². The number of fused-ring (bicyclic) bond motifs is 3. The number of nitrogens with one attached hydrogen (secondary N) is 1. The molecule has 3 aromatic rings. The van der Waals surface area contributed by atoms with Gasteiger partial charge in [-0.1, -0.05) is 37.5 Å². The maximum absolute atomic E-state index is 10.4. The molecule has 1 heterocycles. The van der Waals surface area contributed by atoms with E-state index in [1.807, 2.05) is 12.1 Å². The van der Waals surface area contributed by atoms with Gasteiger partial charge in [-0.3, -0.25) is 4.79 Å². The van der Waals surface area contributed by atoms with Crippen LogP contribution in [0.2, 0.25) is 0 Å². The van der Waals surface area contributed by atoms with Gasteiger partial charge < -0.3 is 14.8 Å². The Balaban J connectivity index is 1.46. The summed E-state index contributed by atoms with van der Waals surface area (Å²) in [6.07, 6.45) is 5.17. The lowest BCUT2D eigenvalue weighted by atomic mass is 10.1. The number of ether oxygens (including phenoxy) is 1. The van der Waals surface area contributed by atoms with Crippen molar-refractivity contribution in [3.05, 3.63) is 42.5 Å². The molecular formula is C20H23NO3. The Morgan fingerprint density at radius 2 is 1.67 bits per heavy atom. The van der Waals surface area contributed by atoms with Crippen molar-refractivity contribution in [2.24, 2.45) is 0 Å². The van der Waals surface area contributed by atoms with Crippen molar-refractivity contribution in [3.63, 3.8) is 0 Å². The molecule has 0 saturated carbocycles. The average molecular weight is 325 g/mol. The summed E-state index contributed by atoms with van der Waals surface area (Å²) in [6.45, 7) is 0.699. The largest absolute Gasteiger partial charge is 0.494 e. The number of hydrogen-bond donors (Lipinski definition) is 2. The summed E-state index contributed by atoms with van der Waals surface area (Å²) < 4.78 is 5.84. The highest BCUT2D eigenvalue weighted by atomic mass is 16.5. The predicted molar refractivity (Wildman–Crippen MR) is 96.6 cm³/mol. The van der Waals surface area contributed by atoms with Crippen LogP contribution in [0.15, 0.2) is 42.5 Å². The zero-order valence-corrected chi connectivity index (χ0v) is 13.8. The molecular weight excluding hydrogens is 302 g/mol. The predicted octanol–water partition coefficient (Wildman–Crippen LogP) is 5.13. The van der Waals surface area contributed by atoms with Crippen molar-refractivity contribution in [2.45, 2.75) is 38.5 Å². The lowest BCUT2D eigenvalue weighted by molar-refractivity contribution is -0.137. The second-order valence-electron chi connectivity index (χ2n) is 6.14. The van der Waals surface area contributed by atoms with Gasteiger partial charge in [-0.05, 0) is 31.0 Å². The standard InChI is InChI=1S/C20H23NO3/c22-20(23)10-4-2-1-3-7-13-24-15-11-12-17-16-8-5-6-9-18(16)21-19(17)14-15/h5-6,8-9,11-12,14,21H,1-4,7,10,13H2,(H,22,23). The summed E-state index contributed by atoms with van der Waals surface area (Å²) in [4.78, 5) is 13.8. The first-order valence-electron chi connectivity index (χ1n) is 8.59. The minimum atomic E-state index is -0.703. The molecule has 0 radical (unpaired) electrons. The number of carboxylic acids is 1. The Bertz CT molecular complexity index is 822. The second kappa shape index (κ2) is 7.86. The van der Waals surface area contributed by atoms with Crippen molar-refractivity contribution in [2.75, 3.05) is 6.61 Å². The molecule has 1 aromatic heterocycles. The van der Waals surface area contributed by atoms with E-state index in [1.54, 1.807) is 0 Å². The summed E-state index contributed by atoms with van der Waals surface area (Å²) in [6, 6.07) is 14.5. The SMILES string of the molecule is O=C(O)CCCCCCCOc1ccc2c(c1)[nH]c1ccccc12. The van der Waals surface area contributed by atoms with Crippen molar-refractivity contribution in [3.8, 4) is 5.75 Å². The first-order chi connectivity index (χ1) is 11.7. The van der Waals surface area contributed by atoms with E-state index in [0.717, 1.165) is 48.9 Å². The van der Waals surface area contributed by atoms with Crippen LogP contribution in [0.5, 0.6) is 5.75 Å². The van der Waals surface area contributed by atoms with Crippen molar-refractivity contribution in [1.82, 2.24) is 4.98 Å². The van der Waals surface area contributed by atoms with Crippen LogP contribution < -0.4 is 4.74 Å². The molecule has 0 unspecified atom stereocenters. The van der Waals surface area contributed by atoms with E-state index < -0.39 is 5.97 Å². The zero-order valence-electron chi connectivity index (χ0n) is 13.8. The number of hydrogen-bond acceptors (Lipinski definition) is 2. The fourth-order valence-electron chi connectivity index (χ4n) is 3.02. The van der Waals surface area contributed by atoms with Gasteiger partial charge >= 0.3 is 5.97 Å². The van der Waals surface area contributed by atoms with Gasteiger partial charge in [-0.2, -0.15) is 0 Å². The van der Waals surface area contributed by atoms with Crippen molar-refractivity contribution in [1.29, 1.82) is 0 Å². The second-order valence-corrected chi connectivity index (χ2v) is 6.14. The molecule has 126 valence electrons. The quantitative estimate of drug-likeness (QED) is 0.536. The average Bonchev–Trinajstić information content (AvgIpc) is 2.94. The lowest BCUT2D eigenvalue weighted by Gasteiger charge is -2.06. The van der Waals surface area contributed by atoms with E-state index in [-0.39, 0.29) is 6.42 Å². The smallest absolute Gasteiger partial charge is 0.303 e. The summed E-state index contributed by atoms with van der Waals surface area (Å²) in [5.41, 5.74) is 2.24. The molecule has 24 heavy (non-hydrogen) atoms. The van der Waals surface area contributed by atoms with Crippen LogP contribution in [0, 0.1) is 0 Å². The highest BCUT2D eigenvalue weighted by Gasteiger charge is 2.04. The molecule has 2 aromatic carbocycles. The third-order valence-electron chi connectivity index (χ3n) is 4.28. The van der Waals surface area contributed by atoms with Gasteiger partial charge in [0.05, 0.1) is 12.1 Å². The number of rotatable bonds is 9. The highest BCUT2D eigenvalue weighted by molar-refractivity contribution is 6.07. The maximum Gasteiger partial charge on any atom is 0.303 e. The van der Waals surface area contributed by atoms with Crippen molar-refractivity contribution < 1.29 is 14.6 Å². The molecule has 0 fully saturated rings. The molecule has 2 N–H and O–H groups in total. The molecule has 0 aliphatic heterocycles. The molecule has 0 aliphatic carbocycles. The fraction of sp³-hybridized carbons (Fsp3) is 0.350. The third kappa shape index (κ3) is 4.07. The van der Waals surface area contributed by atoms with E-state index >= 15 is 0 Å². The van der Waals surface area contributed by atoms with Gasteiger partial charge in [-0.15, -0.1) is 0 Å². The maximum atomic E-state index is 10.4. The number of aromatic nitrogens is 1. The van der Waals surface area contributed by atoms with E-state index in [9.17, 15) is 4.79 Å². The number of aromatic amines is 1. The monoisotopic (exact) mass is 325 g/mol. The molecule has 4 heteroatoms. The molecule has 0 saturated heterocycles. The Kier molecular flexibility index (Phi) is 5.36. The molecule has 0 spiro atoms. The summed E-state index contributed by atoms with van der Waals surface area (Å²) in [5.74, 6) is 0.186. The molecule has 4 nitrogen and oxygen atoms in total. The van der Waals surface area contributed by atoms with Crippen LogP contribution in [-0.2, 0) is 4.79 Å². The first kappa shape index (κ1) is 16.4. The number of carboxylic acid groups (broad SMARTS) is 1. The number of H-pyrrole nitrogens is 1. The van der Waals surface area contributed by atoms with Crippen LogP contribution in [0.4, 0.5) is 0 Å². The van der Waals surface area contributed by atoms with E-state index in [2.05, 4.69) is 35.3 Å². The number of carbonyl (C=O) groups is 1. The third-order valence-corrected chi connectivity index (χ3v) is 4.28. The number of unbranched alkanes of at least 4 members (excludes halogenated alkanes) is 4. The summed E-state index contributed by atoms with van der Waals surface area (Å²) in [5, 5.41) is 11.0. The Morgan fingerprint density at radius 3 is 2.54 bits per heavy atom. The van der Waals surface area contributed by atoms with Gasteiger partial charge in [0.2, 0.25) is 0 Å². The van der Waals surface area contributed by atoms with Gasteiger partial charge in [0.1, 0.15) is 5.75 Å². The minimum Gasteiger partial charge on any atom is -0.494 e. The molecule has 0 bridgehead atoms. The normalized spacial score (nSPS) is 11.2. The topological polar surface area (TPSA) is 62.3 Å². The molecule has 0 amide bonds. The Labute approximate surface area is 141 Å². The van der Waals surface area contributed by atoms with Crippen LogP contribution in [0.25, 0.3) is 21.8 Å². The van der Waals surface area contributed by atoms with Gasteiger partial charge in [0, 0.05) is 28.8 Å². The minimum absolute atomic E-state index is 0.279. The molecule has 3 rings (SSSR count). The van der Waals surface area contributed by atoms with E-state index in [0.29, 0.717) is 6.61 Å². The number of para-hydroxylation sites is 1. The molecule has 0 aliphatic rings. The van der Waals surface area contributed by atoms with Crippen LogP contribution in [-0.4, -0.2) is 22.7 Å². The lowest BCUT2D eigenvalue weighted by Crippen LogP contribution is -1.97. The van der Waals surface area contributed by atoms with Crippen LogP contribution >= 0.6 is 0 Å². The van der Waals surface area contributed by atoms with Gasteiger partial charge in [-0.25, -0.2) is 0 Å². The highest BCUT2D eigenvalue weighted by Crippen LogP contribution is 2.28. The Morgan fingerprint density at radius 1 is 0.917 bits per heavy atom. The first-order valence-corrected chi connectivity index (χ1v) is 8.59. The fourth-order valence-corrected chi connectivity index (χ4v) is 3.02. The van der Waals surface area contributed by atoms with Crippen molar-refractivity contribution >= 4 is 27.8 Å².